The molecule has 1 N–H and O–H groups in total. The maximum absolute atomic E-state index is 13.5. The minimum atomic E-state index is -0.542. The lowest BCUT2D eigenvalue weighted by Crippen LogP contribution is -1.98. The molecule has 0 aliphatic rings. The molecule has 2 aromatic carbocycles. The Morgan fingerprint density at radius 1 is 1.21 bits per heavy atom. The second-order valence-electron chi connectivity index (χ2n) is 4.10. The summed E-state index contributed by atoms with van der Waals surface area (Å²) in [6.45, 7) is 1.95. The molecule has 0 aliphatic heterocycles. The molecule has 2 aromatic rings. The van der Waals surface area contributed by atoms with Gasteiger partial charge in [-0.1, -0.05) is 12.1 Å². The van der Waals surface area contributed by atoms with Crippen LogP contribution in [0.1, 0.15) is 11.1 Å². The highest BCUT2D eigenvalue weighted by molar-refractivity contribution is 5.71. The molecule has 4 heteroatoms. The van der Waals surface area contributed by atoms with E-state index >= 15 is 0 Å². The van der Waals surface area contributed by atoms with E-state index < -0.39 is 5.82 Å². The van der Waals surface area contributed by atoms with Crippen molar-refractivity contribution in [1.82, 2.24) is 0 Å². The zero-order chi connectivity index (χ0) is 13.8. The van der Waals surface area contributed by atoms with Gasteiger partial charge in [0.25, 0.3) is 0 Å². The molecule has 0 aromatic heterocycles. The van der Waals surface area contributed by atoms with Crippen LogP contribution in [0.4, 0.5) is 15.8 Å². The Morgan fingerprint density at radius 2 is 2.00 bits per heavy atom. The third-order valence-electron chi connectivity index (χ3n) is 2.75. The molecule has 3 nitrogen and oxygen atoms in total. The summed E-state index contributed by atoms with van der Waals surface area (Å²) >= 11 is 0. The van der Waals surface area contributed by atoms with E-state index in [1.54, 1.807) is 19.2 Å². The highest BCUT2D eigenvalue weighted by Crippen LogP contribution is 2.30. The van der Waals surface area contributed by atoms with Gasteiger partial charge in [0.15, 0.2) is 0 Å². The second kappa shape index (κ2) is 5.40. The van der Waals surface area contributed by atoms with Gasteiger partial charge < -0.3 is 10.1 Å². The second-order valence-corrected chi connectivity index (χ2v) is 4.10. The van der Waals surface area contributed by atoms with Crippen molar-refractivity contribution in [3.8, 4) is 11.8 Å². The summed E-state index contributed by atoms with van der Waals surface area (Å²) in [5.41, 5.74) is 2.15. The molecule has 96 valence electrons. The van der Waals surface area contributed by atoms with Crippen LogP contribution >= 0.6 is 0 Å². The molecule has 0 radical (unpaired) electrons. The Kier molecular flexibility index (Phi) is 3.67. The number of rotatable bonds is 3. The monoisotopic (exact) mass is 256 g/mol. The smallest absolute Gasteiger partial charge is 0.143 e. The Labute approximate surface area is 111 Å². The molecule has 0 amide bonds. The molecular weight excluding hydrogens is 243 g/mol. The zero-order valence-corrected chi connectivity index (χ0v) is 10.7. The first-order valence-electron chi connectivity index (χ1n) is 5.76. The number of nitrogens with one attached hydrogen (secondary N) is 1. The van der Waals surface area contributed by atoms with Crippen LogP contribution in [0.15, 0.2) is 36.4 Å². The summed E-state index contributed by atoms with van der Waals surface area (Å²) in [5, 5.41) is 12.0. The number of nitrogens with zero attached hydrogens (tertiary/aromatic N) is 1. The largest absolute Gasteiger partial charge is 0.495 e. The molecule has 0 heterocycles. The maximum atomic E-state index is 13.5. The zero-order valence-electron chi connectivity index (χ0n) is 10.7. The standard InChI is InChI=1S/C15H13FN2O/c1-10-6-7-15(19-2)14(8-10)18-13-5-3-4-12(16)11(13)9-17/h3-8,18H,1-2H3. The average molecular weight is 256 g/mol. The molecule has 0 saturated heterocycles. The van der Waals surface area contributed by atoms with Crippen LogP contribution in [0, 0.1) is 24.1 Å². The van der Waals surface area contributed by atoms with Crippen molar-refractivity contribution in [2.24, 2.45) is 0 Å². The average Bonchev–Trinajstić information content (AvgIpc) is 2.39. The minimum Gasteiger partial charge on any atom is -0.495 e. The number of benzene rings is 2. The number of ether oxygens (including phenoxy) is 1. The first kappa shape index (κ1) is 12.9. The number of hydrogen-bond acceptors (Lipinski definition) is 3. The van der Waals surface area contributed by atoms with Crippen LogP contribution in [0.3, 0.4) is 0 Å². The van der Waals surface area contributed by atoms with Gasteiger partial charge in [-0.2, -0.15) is 5.26 Å². The van der Waals surface area contributed by atoms with Gasteiger partial charge in [-0.3, -0.25) is 0 Å². The van der Waals surface area contributed by atoms with Crippen molar-refractivity contribution in [3.63, 3.8) is 0 Å². The molecule has 0 atom stereocenters. The van der Waals surface area contributed by atoms with Gasteiger partial charge in [-0.15, -0.1) is 0 Å². The van der Waals surface area contributed by atoms with E-state index in [4.69, 9.17) is 10.00 Å². The van der Waals surface area contributed by atoms with E-state index in [2.05, 4.69) is 5.32 Å². The molecule has 0 unspecified atom stereocenters. The van der Waals surface area contributed by atoms with E-state index in [0.29, 0.717) is 17.1 Å². The van der Waals surface area contributed by atoms with Crippen LogP contribution in [0.2, 0.25) is 0 Å². The van der Waals surface area contributed by atoms with Gasteiger partial charge in [0, 0.05) is 0 Å². The first-order valence-corrected chi connectivity index (χ1v) is 5.76. The maximum Gasteiger partial charge on any atom is 0.143 e. The van der Waals surface area contributed by atoms with Crippen LogP contribution in [-0.2, 0) is 0 Å². The van der Waals surface area contributed by atoms with Crippen LogP contribution < -0.4 is 10.1 Å². The van der Waals surface area contributed by atoms with Crippen LogP contribution in [0.25, 0.3) is 0 Å². The SMILES string of the molecule is COc1ccc(C)cc1Nc1cccc(F)c1C#N. The minimum absolute atomic E-state index is 0.00828. The fourth-order valence-electron chi connectivity index (χ4n) is 1.81. The van der Waals surface area contributed by atoms with E-state index in [0.717, 1.165) is 5.56 Å². The number of nitriles is 1. The van der Waals surface area contributed by atoms with E-state index in [9.17, 15) is 4.39 Å². The van der Waals surface area contributed by atoms with E-state index in [1.165, 1.54) is 6.07 Å². The topological polar surface area (TPSA) is 45.0 Å². The van der Waals surface area contributed by atoms with Gasteiger partial charge in [-0.25, -0.2) is 4.39 Å². The molecule has 0 spiro atoms. The lowest BCUT2D eigenvalue weighted by molar-refractivity contribution is 0.416. The molecule has 0 bridgehead atoms. The van der Waals surface area contributed by atoms with Crippen LogP contribution in [-0.4, -0.2) is 7.11 Å². The quantitative estimate of drug-likeness (QED) is 0.909. The molecule has 2 rings (SSSR count). The predicted molar refractivity (Wildman–Crippen MR) is 72.1 cm³/mol. The van der Waals surface area contributed by atoms with Gasteiger partial charge in [-0.05, 0) is 36.8 Å². The summed E-state index contributed by atoms with van der Waals surface area (Å²) in [5.74, 6) is 0.0953. The Balaban J connectivity index is 2.45. The molecule has 0 saturated carbocycles. The van der Waals surface area contributed by atoms with Crippen molar-refractivity contribution in [2.75, 3.05) is 12.4 Å². The van der Waals surface area contributed by atoms with E-state index in [1.807, 2.05) is 31.2 Å². The summed E-state index contributed by atoms with van der Waals surface area (Å²) in [6, 6.07) is 12.0. The summed E-state index contributed by atoms with van der Waals surface area (Å²) in [6.07, 6.45) is 0. The summed E-state index contributed by atoms with van der Waals surface area (Å²) in [4.78, 5) is 0. The first-order chi connectivity index (χ1) is 9.15. The predicted octanol–water partition coefficient (Wildman–Crippen LogP) is 3.76. The number of halogens is 1. The highest BCUT2D eigenvalue weighted by Gasteiger charge is 2.10. The number of hydrogen-bond donors (Lipinski definition) is 1. The fraction of sp³-hybridized carbons (Fsp3) is 0.133. The van der Waals surface area contributed by atoms with Crippen molar-refractivity contribution in [3.05, 3.63) is 53.3 Å². The fourth-order valence-corrected chi connectivity index (χ4v) is 1.81. The Hall–Kier alpha value is -2.54. The lowest BCUT2D eigenvalue weighted by atomic mass is 10.1. The normalized spacial score (nSPS) is 9.79. The van der Waals surface area contributed by atoms with Gasteiger partial charge >= 0.3 is 0 Å². The van der Waals surface area contributed by atoms with E-state index in [-0.39, 0.29) is 5.56 Å². The third kappa shape index (κ3) is 2.66. The van der Waals surface area contributed by atoms with Crippen molar-refractivity contribution < 1.29 is 9.13 Å². The van der Waals surface area contributed by atoms with Crippen molar-refractivity contribution in [2.45, 2.75) is 6.92 Å². The number of methoxy groups -OCH3 is 1. The summed E-state index contributed by atoms with van der Waals surface area (Å²) < 4.78 is 18.8. The highest BCUT2D eigenvalue weighted by atomic mass is 19.1. The molecular formula is C15H13FN2O. The molecule has 0 fully saturated rings. The molecule has 0 aliphatic carbocycles. The third-order valence-corrected chi connectivity index (χ3v) is 2.75. The summed E-state index contributed by atoms with van der Waals surface area (Å²) in [7, 11) is 1.56. The van der Waals surface area contributed by atoms with Crippen LogP contribution in [0.5, 0.6) is 5.75 Å². The number of aryl methyl sites for hydroxylation is 1. The number of anilines is 2. The van der Waals surface area contributed by atoms with Gasteiger partial charge in [0.1, 0.15) is 23.2 Å². The van der Waals surface area contributed by atoms with Crippen molar-refractivity contribution >= 4 is 11.4 Å². The Bertz CT molecular complexity index is 647. The van der Waals surface area contributed by atoms with Gasteiger partial charge in [0.05, 0.1) is 18.5 Å². The lowest BCUT2D eigenvalue weighted by Gasteiger charge is -2.13. The van der Waals surface area contributed by atoms with Crippen molar-refractivity contribution in [1.29, 1.82) is 5.26 Å². The Morgan fingerprint density at radius 3 is 2.68 bits per heavy atom. The van der Waals surface area contributed by atoms with Gasteiger partial charge in [0.2, 0.25) is 0 Å². The molecule has 19 heavy (non-hydrogen) atoms.